The summed E-state index contributed by atoms with van der Waals surface area (Å²) in [6.45, 7) is 0. The second kappa shape index (κ2) is 6.60. The summed E-state index contributed by atoms with van der Waals surface area (Å²) in [5.74, 6) is 2.69. The van der Waals surface area contributed by atoms with E-state index in [1.54, 1.807) is 33.5 Å². The predicted octanol–water partition coefficient (Wildman–Crippen LogP) is 2.70. The number of alkyl halides is 1. The Bertz CT molecular complexity index is 560. The van der Waals surface area contributed by atoms with Gasteiger partial charge in [-0.25, -0.2) is 0 Å². The summed E-state index contributed by atoms with van der Waals surface area (Å²) < 4.78 is 21.0. The van der Waals surface area contributed by atoms with Gasteiger partial charge in [0.25, 0.3) is 0 Å². The number of benzene rings is 1. The van der Waals surface area contributed by atoms with E-state index in [0.29, 0.717) is 35.4 Å². The van der Waals surface area contributed by atoms with Crippen molar-refractivity contribution in [3.8, 4) is 28.6 Å². The first-order valence-corrected chi connectivity index (χ1v) is 7.04. The molecule has 108 valence electrons. The predicted molar refractivity (Wildman–Crippen MR) is 76.9 cm³/mol. The van der Waals surface area contributed by atoms with E-state index in [9.17, 15) is 0 Å². The number of hydrogen-bond acceptors (Lipinski definition) is 6. The lowest BCUT2D eigenvalue weighted by atomic mass is 10.1. The molecular weight excluding hydrogens is 328 g/mol. The van der Waals surface area contributed by atoms with E-state index in [2.05, 4.69) is 26.1 Å². The zero-order valence-corrected chi connectivity index (χ0v) is 13.1. The summed E-state index contributed by atoms with van der Waals surface area (Å²) in [7, 11) is 4.68. The third kappa shape index (κ3) is 2.87. The largest absolute Gasteiger partial charge is 0.493 e. The van der Waals surface area contributed by atoms with Crippen LogP contribution >= 0.6 is 15.9 Å². The highest BCUT2D eigenvalue weighted by Gasteiger charge is 2.17. The molecule has 7 heteroatoms. The highest BCUT2D eigenvalue weighted by molar-refractivity contribution is 9.09. The van der Waals surface area contributed by atoms with Gasteiger partial charge in [0, 0.05) is 17.3 Å². The van der Waals surface area contributed by atoms with Crippen molar-refractivity contribution in [2.45, 2.75) is 6.42 Å². The molecule has 20 heavy (non-hydrogen) atoms. The van der Waals surface area contributed by atoms with Gasteiger partial charge in [0.05, 0.1) is 21.3 Å². The van der Waals surface area contributed by atoms with Crippen LogP contribution in [0.4, 0.5) is 0 Å². The number of ether oxygens (including phenoxy) is 3. The summed E-state index contributed by atoms with van der Waals surface area (Å²) in [5.41, 5.74) is 0.740. The molecule has 0 bridgehead atoms. The maximum absolute atomic E-state index is 5.30. The molecule has 0 radical (unpaired) electrons. The Labute approximate surface area is 125 Å². The summed E-state index contributed by atoms with van der Waals surface area (Å²) in [6.07, 6.45) is 0.678. The van der Waals surface area contributed by atoms with E-state index >= 15 is 0 Å². The Morgan fingerprint density at radius 3 is 2.25 bits per heavy atom. The molecular formula is C13H15BrN2O4. The minimum atomic E-state index is 0.486. The van der Waals surface area contributed by atoms with Crippen LogP contribution in [0.1, 0.15) is 5.89 Å². The lowest BCUT2D eigenvalue weighted by molar-refractivity contribution is 0.324. The van der Waals surface area contributed by atoms with Crippen molar-refractivity contribution in [2.24, 2.45) is 0 Å². The van der Waals surface area contributed by atoms with Gasteiger partial charge in [-0.15, -0.1) is 0 Å². The van der Waals surface area contributed by atoms with E-state index in [1.165, 1.54) is 0 Å². The topological polar surface area (TPSA) is 66.6 Å². The Kier molecular flexibility index (Phi) is 4.84. The minimum absolute atomic E-state index is 0.486. The van der Waals surface area contributed by atoms with Crippen LogP contribution in [0.25, 0.3) is 11.4 Å². The van der Waals surface area contributed by atoms with Gasteiger partial charge in [0.15, 0.2) is 11.5 Å². The molecule has 1 heterocycles. The molecule has 0 saturated carbocycles. The first kappa shape index (κ1) is 14.6. The average Bonchev–Trinajstić information content (AvgIpc) is 2.94. The van der Waals surface area contributed by atoms with Crippen molar-refractivity contribution in [3.63, 3.8) is 0 Å². The van der Waals surface area contributed by atoms with Crippen molar-refractivity contribution >= 4 is 15.9 Å². The molecule has 2 rings (SSSR count). The molecule has 0 atom stereocenters. The van der Waals surface area contributed by atoms with Crippen molar-refractivity contribution in [2.75, 3.05) is 26.7 Å². The Morgan fingerprint density at radius 2 is 1.75 bits per heavy atom. The Balaban J connectivity index is 2.45. The molecule has 0 fully saturated rings. The highest BCUT2D eigenvalue weighted by Crippen LogP contribution is 2.40. The van der Waals surface area contributed by atoms with Gasteiger partial charge in [0.1, 0.15) is 0 Å². The summed E-state index contributed by atoms with van der Waals surface area (Å²) in [4.78, 5) is 4.32. The Hall–Kier alpha value is -1.76. The third-order valence-corrected chi connectivity index (χ3v) is 3.10. The van der Waals surface area contributed by atoms with Crippen LogP contribution < -0.4 is 14.2 Å². The van der Waals surface area contributed by atoms with Crippen LogP contribution in [0, 0.1) is 0 Å². The fourth-order valence-electron chi connectivity index (χ4n) is 1.76. The lowest BCUT2D eigenvalue weighted by Crippen LogP contribution is -1.96. The fraction of sp³-hybridized carbons (Fsp3) is 0.385. The van der Waals surface area contributed by atoms with Gasteiger partial charge >= 0.3 is 0 Å². The quantitative estimate of drug-likeness (QED) is 0.752. The van der Waals surface area contributed by atoms with E-state index in [0.717, 1.165) is 10.9 Å². The second-order valence-corrected chi connectivity index (χ2v) is 4.66. The van der Waals surface area contributed by atoms with Crippen LogP contribution in [0.2, 0.25) is 0 Å². The maximum atomic E-state index is 5.30. The SMILES string of the molecule is COc1cc(-c2noc(CCBr)n2)cc(OC)c1OC. The molecule has 0 aliphatic rings. The fourth-order valence-corrected chi connectivity index (χ4v) is 2.10. The van der Waals surface area contributed by atoms with Gasteiger partial charge in [-0.1, -0.05) is 21.1 Å². The maximum Gasteiger partial charge on any atom is 0.227 e. The number of hydrogen-bond donors (Lipinski definition) is 0. The summed E-state index contributed by atoms with van der Waals surface area (Å²) in [6, 6.07) is 3.56. The van der Waals surface area contributed by atoms with Crippen molar-refractivity contribution in [3.05, 3.63) is 18.0 Å². The van der Waals surface area contributed by atoms with Gasteiger partial charge < -0.3 is 18.7 Å². The van der Waals surface area contributed by atoms with E-state index < -0.39 is 0 Å². The molecule has 0 aliphatic carbocycles. The first-order valence-electron chi connectivity index (χ1n) is 5.92. The zero-order chi connectivity index (χ0) is 14.5. The van der Waals surface area contributed by atoms with Gasteiger partial charge in [-0.2, -0.15) is 4.98 Å². The van der Waals surface area contributed by atoms with Crippen LogP contribution in [-0.2, 0) is 6.42 Å². The third-order valence-electron chi connectivity index (χ3n) is 2.70. The molecule has 0 aliphatic heterocycles. The van der Waals surface area contributed by atoms with Crippen molar-refractivity contribution in [1.82, 2.24) is 10.1 Å². The molecule has 6 nitrogen and oxygen atoms in total. The number of aromatic nitrogens is 2. The average molecular weight is 343 g/mol. The first-order chi connectivity index (χ1) is 9.73. The normalized spacial score (nSPS) is 10.4. The smallest absolute Gasteiger partial charge is 0.227 e. The van der Waals surface area contributed by atoms with Crippen LogP contribution in [0.15, 0.2) is 16.7 Å². The van der Waals surface area contributed by atoms with Crippen LogP contribution in [0.5, 0.6) is 17.2 Å². The number of halogens is 1. The minimum Gasteiger partial charge on any atom is -0.493 e. The standard InChI is InChI=1S/C13H15BrN2O4/c1-17-9-6-8(7-10(18-2)12(9)19-3)13-15-11(4-5-14)20-16-13/h6-7H,4-5H2,1-3H3. The number of rotatable bonds is 6. The monoisotopic (exact) mass is 342 g/mol. The highest BCUT2D eigenvalue weighted by atomic mass is 79.9. The molecule has 0 saturated heterocycles. The molecule has 0 amide bonds. The molecule has 1 aromatic heterocycles. The molecule has 1 aromatic carbocycles. The molecule has 0 N–H and O–H groups in total. The number of nitrogens with zero attached hydrogens (tertiary/aromatic N) is 2. The van der Waals surface area contributed by atoms with Gasteiger partial charge in [-0.3, -0.25) is 0 Å². The number of methoxy groups -OCH3 is 3. The summed E-state index contributed by atoms with van der Waals surface area (Å²) >= 11 is 3.33. The van der Waals surface area contributed by atoms with Crippen molar-refractivity contribution < 1.29 is 18.7 Å². The Morgan fingerprint density at radius 1 is 1.10 bits per heavy atom. The van der Waals surface area contributed by atoms with Gasteiger partial charge in [0.2, 0.25) is 17.5 Å². The van der Waals surface area contributed by atoms with Crippen LogP contribution in [-0.4, -0.2) is 36.8 Å². The zero-order valence-electron chi connectivity index (χ0n) is 11.5. The lowest BCUT2D eigenvalue weighted by Gasteiger charge is -2.12. The van der Waals surface area contributed by atoms with E-state index in [4.69, 9.17) is 18.7 Å². The molecule has 0 unspecified atom stereocenters. The number of aryl methyl sites for hydroxylation is 1. The second-order valence-electron chi connectivity index (χ2n) is 3.86. The molecule has 2 aromatic rings. The molecule has 0 spiro atoms. The van der Waals surface area contributed by atoms with Gasteiger partial charge in [-0.05, 0) is 12.1 Å². The van der Waals surface area contributed by atoms with Crippen LogP contribution in [0.3, 0.4) is 0 Å². The summed E-state index contributed by atoms with van der Waals surface area (Å²) in [5, 5.41) is 4.72. The van der Waals surface area contributed by atoms with E-state index in [-0.39, 0.29) is 0 Å². The van der Waals surface area contributed by atoms with Crippen molar-refractivity contribution in [1.29, 1.82) is 0 Å². The van der Waals surface area contributed by atoms with E-state index in [1.807, 2.05) is 0 Å².